The van der Waals surface area contributed by atoms with Crippen molar-refractivity contribution < 1.29 is 4.79 Å². The van der Waals surface area contributed by atoms with Crippen LogP contribution in [0.15, 0.2) is 0 Å². The largest absolute Gasteiger partial charge is 0.330 e. The molecule has 1 saturated carbocycles. The summed E-state index contributed by atoms with van der Waals surface area (Å²) in [5.41, 5.74) is 5.43. The van der Waals surface area contributed by atoms with Gasteiger partial charge in [0, 0.05) is 5.92 Å². The number of hydrogen-bond acceptors (Lipinski definition) is 2. The summed E-state index contributed by atoms with van der Waals surface area (Å²) in [7, 11) is 0. The molecule has 1 unspecified atom stereocenters. The topological polar surface area (TPSA) is 43.1 Å². The highest BCUT2D eigenvalue weighted by Gasteiger charge is 2.22. The number of carbonyl (C=O) groups excluding carboxylic acids is 1. The monoisotopic (exact) mass is 168 g/mol. The van der Waals surface area contributed by atoms with Gasteiger partial charge in [0.05, 0.1) is 0 Å². The van der Waals surface area contributed by atoms with E-state index in [1.165, 1.54) is 32.1 Å². The molecule has 1 radical (unpaired) electrons. The Kier molecular flexibility index (Phi) is 4.30. The zero-order valence-corrected chi connectivity index (χ0v) is 7.59. The second kappa shape index (κ2) is 5.31. The molecule has 12 heavy (non-hydrogen) atoms. The third-order valence-corrected chi connectivity index (χ3v) is 2.85. The third kappa shape index (κ3) is 2.59. The maximum Gasteiger partial charge on any atom is 0.202 e. The SMILES string of the molecule is NCCC([C]=O)C1CCCCC1. The zero-order valence-electron chi connectivity index (χ0n) is 7.59. The lowest BCUT2D eigenvalue weighted by atomic mass is 9.79. The van der Waals surface area contributed by atoms with E-state index in [1.54, 1.807) is 0 Å². The molecule has 0 heterocycles. The van der Waals surface area contributed by atoms with Crippen LogP contribution in [0.2, 0.25) is 0 Å². The maximum absolute atomic E-state index is 10.6. The molecule has 1 fully saturated rings. The zero-order chi connectivity index (χ0) is 8.81. The summed E-state index contributed by atoms with van der Waals surface area (Å²) in [6, 6.07) is 0. The molecule has 0 aromatic heterocycles. The molecule has 0 aliphatic heterocycles. The van der Waals surface area contributed by atoms with Crippen LogP contribution in [-0.2, 0) is 4.79 Å². The molecular formula is C10H18NO. The van der Waals surface area contributed by atoms with E-state index in [9.17, 15) is 4.79 Å². The fraction of sp³-hybridized carbons (Fsp3) is 0.900. The van der Waals surface area contributed by atoms with Gasteiger partial charge in [-0.1, -0.05) is 19.3 Å². The number of hydrogen-bond donors (Lipinski definition) is 1. The maximum atomic E-state index is 10.6. The van der Waals surface area contributed by atoms with Gasteiger partial charge < -0.3 is 5.73 Å². The average molecular weight is 168 g/mol. The van der Waals surface area contributed by atoms with Gasteiger partial charge in [0.2, 0.25) is 6.29 Å². The van der Waals surface area contributed by atoms with Gasteiger partial charge in [0.15, 0.2) is 0 Å². The van der Waals surface area contributed by atoms with Crippen LogP contribution in [0.4, 0.5) is 0 Å². The van der Waals surface area contributed by atoms with Gasteiger partial charge >= 0.3 is 0 Å². The van der Waals surface area contributed by atoms with Crippen molar-refractivity contribution in [3.05, 3.63) is 0 Å². The van der Waals surface area contributed by atoms with Crippen molar-refractivity contribution in [2.75, 3.05) is 6.54 Å². The molecule has 1 aliphatic carbocycles. The van der Waals surface area contributed by atoms with E-state index in [1.807, 2.05) is 0 Å². The van der Waals surface area contributed by atoms with E-state index in [2.05, 4.69) is 6.29 Å². The first-order chi connectivity index (χ1) is 5.88. The van der Waals surface area contributed by atoms with E-state index < -0.39 is 0 Å². The van der Waals surface area contributed by atoms with Crippen LogP contribution in [0.1, 0.15) is 38.5 Å². The summed E-state index contributed by atoms with van der Waals surface area (Å²) in [5.74, 6) is 0.704. The predicted octanol–water partition coefficient (Wildman–Crippen LogP) is 1.64. The van der Waals surface area contributed by atoms with Crippen LogP contribution in [0, 0.1) is 11.8 Å². The molecule has 1 atom stereocenters. The first-order valence-electron chi connectivity index (χ1n) is 4.96. The van der Waals surface area contributed by atoms with Crippen LogP contribution >= 0.6 is 0 Å². The molecular weight excluding hydrogens is 150 g/mol. The quantitative estimate of drug-likeness (QED) is 0.693. The van der Waals surface area contributed by atoms with Crippen LogP contribution in [0.25, 0.3) is 0 Å². The Balaban J connectivity index is 2.34. The lowest BCUT2D eigenvalue weighted by molar-refractivity contribution is 0.284. The second-order valence-electron chi connectivity index (χ2n) is 3.70. The summed E-state index contributed by atoms with van der Waals surface area (Å²) in [6.45, 7) is 0.621. The minimum atomic E-state index is 0.121. The van der Waals surface area contributed by atoms with Gasteiger partial charge in [0.1, 0.15) is 0 Å². The molecule has 0 saturated heterocycles. The van der Waals surface area contributed by atoms with E-state index in [0.29, 0.717) is 12.5 Å². The Hall–Kier alpha value is -0.370. The third-order valence-electron chi connectivity index (χ3n) is 2.85. The number of rotatable bonds is 4. The van der Waals surface area contributed by atoms with Gasteiger partial charge in [-0.2, -0.15) is 0 Å². The van der Waals surface area contributed by atoms with Crippen molar-refractivity contribution in [2.24, 2.45) is 17.6 Å². The molecule has 69 valence electrons. The molecule has 1 rings (SSSR count). The predicted molar refractivity (Wildman–Crippen MR) is 49.4 cm³/mol. The van der Waals surface area contributed by atoms with Gasteiger partial charge in [0.25, 0.3) is 0 Å². The van der Waals surface area contributed by atoms with Gasteiger partial charge in [-0.05, 0) is 31.7 Å². The standard InChI is InChI=1S/C10H18NO/c11-7-6-10(8-12)9-4-2-1-3-5-9/h9-10H,1-7,11H2. The molecule has 2 N–H and O–H groups in total. The summed E-state index contributed by atoms with van der Waals surface area (Å²) < 4.78 is 0. The second-order valence-corrected chi connectivity index (χ2v) is 3.70. The summed E-state index contributed by atoms with van der Waals surface area (Å²) in [4.78, 5) is 10.6. The van der Waals surface area contributed by atoms with Crippen LogP contribution in [-0.4, -0.2) is 12.8 Å². The van der Waals surface area contributed by atoms with E-state index in [4.69, 9.17) is 5.73 Å². The fourth-order valence-electron chi connectivity index (χ4n) is 2.11. The highest BCUT2D eigenvalue weighted by atomic mass is 16.1. The summed E-state index contributed by atoms with van der Waals surface area (Å²) in [6.07, 6.45) is 9.29. The lowest BCUT2D eigenvalue weighted by Crippen LogP contribution is -2.21. The molecule has 2 heteroatoms. The minimum absolute atomic E-state index is 0.121. The Labute approximate surface area is 74.5 Å². The molecule has 2 nitrogen and oxygen atoms in total. The normalized spacial score (nSPS) is 22.1. The van der Waals surface area contributed by atoms with E-state index in [-0.39, 0.29) is 5.92 Å². The lowest BCUT2D eigenvalue weighted by Gasteiger charge is -2.25. The fourth-order valence-corrected chi connectivity index (χ4v) is 2.11. The Morgan fingerprint density at radius 3 is 2.50 bits per heavy atom. The average Bonchev–Trinajstić information content (AvgIpc) is 2.15. The van der Waals surface area contributed by atoms with Gasteiger partial charge in [-0.25, -0.2) is 0 Å². The molecule has 0 spiro atoms. The molecule has 0 aromatic rings. The van der Waals surface area contributed by atoms with Crippen LogP contribution in [0.3, 0.4) is 0 Å². The van der Waals surface area contributed by atoms with Crippen molar-refractivity contribution in [1.29, 1.82) is 0 Å². The number of nitrogens with two attached hydrogens (primary N) is 1. The van der Waals surface area contributed by atoms with Gasteiger partial charge in [-0.15, -0.1) is 0 Å². The molecule has 0 aromatic carbocycles. The van der Waals surface area contributed by atoms with Crippen molar-refractivity contribution in [3.63, 3.8) is 0 Å². The highest BCUT2D eigenvalue weighted by Crippen LogP contribution is 2.30. The first kappa shape index (κ1) is 9.72. The van der Waals surface area contributed by atoms with Gasteiger partial charge in [-0.3, -0.25) is 4.79 Å². The molecule has 1 aliphatic rings. The van der Waals surface area contributed by atoms with Crippen LogP contribution < -0.4 is 5.73 Å². The Morgan fingerprint density at radius 2 is 2.00 bits per heavy atom. The summed E-state index contributed by atoms with van der Waals surface area (Å²) in [5, 5.41) is 0. The molecule has 0 amide bonds. The van der Waals surface area contributed by atoms with Crippen molar-refractivity contribution >= 4 is 6.29 Å². The van der Waals surface area contributed by atoms with E-state index >= 15 is 0 Å². The Morgan fingerprint density at radius 1 is 1.33 bits per heavy atom. The smallest absolute Gasteiger partial charge is 0.202 e. The molecule has 0 bridgehead atoms. The highest BCUT2D eigenvalue weighted by molar-refractivity contribution is 5.55. The van der Waals surface area contributed by atoms with Crippen LogP contribution in [0.5, 0.6) is 0 Å². The Bertz CT molecular complexity index is 130. The first-order valence-corrected chi connectivity index (χ1v) is 4.96. The van der Waals surface area contributed by atoms with E-state index in [0.717, 1.165) is 6.42 Å². The summed E-state index contributed by atoms with van der Waals surface area (Å²) >= 11 is 0. The van der Waals surface area contributed by atoms with Crippen molar-refractivity contribution in [3.8, 4) is 0 Å². The van der Waals surface area contributed by atoms with Crippen molar-refractivity contribution in [2.45, 2.75) is 38.5 Å². The van der Waals surface area contributed by atoms with Crippen molar-refractivity contribution in [1.82, 2.24) is 0 Å². The minimum Gasteiger partial charge on any atom is -0.330 e.